The molecule has 1 amide bonds. The van der Waals surface area contributed by atoms with Crippen LogP contribution in [0.2, 0.25) is 0 Å². The fourth-order valence-corrected chi connectivity index (χ4v) is 2.85. The van der Waals surface area contributed by atoms with Gasteiger partial charge in [0.2, 0.25) is 5.91 Å². The molecule has 2 rings (SSSR count). The molecule has 1 aromatic carbocycles. The molecule has 1 aliphatic heterocycles. The highest BCUT2D eigenvalue weighted by atomic mass is 16.5. The van der Waals surface area contributed by atoms with Gasteiger partial charge in [0.05, 0.1) is 19.4 Å². The summed E-state index contributed by atoms with van der Waals surface area (Å²) in [4.78, 5) is 25.7. The number of hydrogen-bond acceptors (Lipinski definition) is 3. The van der Waals surface area contributed by atoms with Crippen molar-refractivity contribution in [3.05, 3.63) is 34.9 Å². The molecule has 0 unspecified atom stereocenters. The van der Waals surface area contributed by atoms with Crippen molar-refractivity contribution in [2.45, 2.75) is 33.1 Å². The van der Waals surface area contributed by atoms with E-state index in [4.69, 9.17) is 4.74 Å². The average molecular weight is 289 g/mol. The maximum atomic E-state index is 12.4. The lowest BCUT2D eigenvalue weighted by Crippen LogP contribution is -2.41. The van der Waals surface area contributed by atoms with Crippen molar-refractivity contribution in [2.75, 3.05) is 20.2 Å². The van der Waals surface area contributed by atoms with Crippen LogP contribution in [0, 0.1) is 19.8 Å². The van der Waals surface area contributed by atoms with Gasteiger partial charge >= 0.3 is 5.97 Å². The number of amides is 1. The molecule has 0 aliphatic carbocycles. The molecule has 1 saturated heterocycles. The van der Waals surface area contributed by atoms with Crippen LogP contribution in [-0.2, 0) is 20.7 Å². The maximum absolute atomic E-state index is 12.4. The van der Waals surface area contributed by atoms with Gasteiger partial charge in [-0.05, 0) is 37.8 Å². The lowest BCUT2D eigenvalue weighted by atomic mass is 9.96. The monoisotopic (exact) mass is 289 g/mol. The third-order valence-corrected chi connectivity index (χ3v) is 4.22. The molecule has 1 fully saturated rings. The maximum Gasteiger partial charge on any atom is 0.308 e. The summed E-state index contributed by atoms with van der Waals surface area (Å²) in [6, 6.07) is 6.18. The van der Waals surface area contributed by atoms with Crippen LogP contribution in [0.1, 0.15) is 29.5 Å². The van der Waals surface area contributed by atoms with Crippen LogP contribution in [0.5, 0.6) is 0 Å². The molecule has 1 aliphatic rings. The van der Waals surface area contributed by atoms with E-state index in [2.05, 4.69) is 13.0 Å². The summed E-state index contributed by atoms with van der Waals surface area (Å²) >= 11 is 0. The molecule has 0 spiro atoms. The quantitative estimate of drug-likeness (QED) is 0.802. The number of aryl methyl sites for hydroxylation is 2. The summed E-state index contributed by atoms with van der Waals surface area (Å²) < 4.78 is 4.77. The van der Waals surface area contributed by atoms with Crippen molar-refractivity contribution in [3.8, 4) is 0 Å². The van der Waals surface area contributed by atoms with Crippen LogP contribution in [0.15, 0.2) is 18.2 Å². The first kappa shape index (κ1) is 15.5. The van der Waals surface area contributed by atoms with Crippen molar-refractivity contribution in [3.63, 3.8) is 0 Å². The topological polar surface area (TPSA) is 46.6 Å². The first-order chi connectivity index (χ1) is 10.0. The van der Waals surface area contributed by atoms with E-state index < -0.39 is 0 Å². The summed E-state index contributed by atoms with van der Waals surface area (Å²) in [6.45, 7) is 5.38. The lowest BCUT2D eigenvalue weighted by molar-refractivity contribution is -0.148. The predicted molar refractivity (Wildman–Crippen MR) is 80.9 cm³/mol. The van der Waals surface area contributed by atoms with E-state index in [1.165, 1.54) is 12.7 Å². The molecular weight excluding hydrogens is 266 g/mol. The van der Waals surface area contributed by atoms with E-state index in [-0.39, 0.29) is 17.8 Å². The Balaban J connectivity index is 1.92. The van der Waals surface area contributed by atoms with Crippen LogP contribution < -0.4 is 0 Å². The normalized spacial score (nSPS) is 15.9. The molecule has 4 nitrogen and oxygen atoms in total. The minimum absolute atomic E-state index is 0.0554. The van der Waals surface area contributed by atoms with E-state index in [9.17, 15) is 9.59 Å². The van der Waals surface area contributed by atoms with Crippen LogP contribution >= 0.6 is 0 Å². The Hall–Kier alpha value is -1.84. The smallest absolute Gasteiger partial charge is 0.308 e. The molecule has 0 N–H and O–H groups in total. The molecule has 0 aromatic heterocycles. The van der Waals surface area contributed by atoms with Crippen molar-refractivity contribution in [2.24, 2.45) is 5.92 Å². The number of ether oxygens (including phenoxy) is 1. The van der Waals surface area contributed by atoms with Gasteiger partial charge in [0.25, 0.3) is 0 Å². The number of nitrogens with zero attached hydrogens (tertiary/aromatic N) is 1. The molecule has 1 heterocycles. The zero-order valence-electron chi connectivity index (χ0n) is 13.0. The van der Waals surface area contributed by atoms with Crippen molar-refractivity contribution in [1.82, 2.24) is 4.90 Å². The summed E-state index contributed by atoms with van der Waals surface area (Å²) in [6.07, 6.45) is 1.84. The Bertz CT molecular complexity index is 531. The van der Waals surface area contributed by atoms with Gasteiger partial charge in [-0.3, -0.25) is 9.59 Å². The van der Waals surface area contributed by atoms with Gasteiger partial charge < -0.3 is 9.64 Å². The van der Waals surface area contributed by atoms with E-state index in [1.54, 1.807) is 0 Å². The van der Waals surface area contributed by atoms with Crippen LogP contribution in [0.25, 0.3) is 0 Å². The molecule has 0 radical (unpaired) electrons. The van der Waals surface area contributed by atoms with Gasteiger partial charge in [-0.2, -0.15) is 0 Å². The first-order valence-corrected chi connectivity index (χ1v) is 7.43. The van der Waals surface area contributed by atoms with E-state index >= 15 is 0 Å². The number of rotatable bonds is 3. The first-order valence-electron chi connectivity index (χ1n) is 7.43. The van der Waals surface area contributed by atoms with Crippen LogP contribution in [0.4, 0.5) is 0 Å². The van der Waals surface area contributed by atoms with E-state index in [0.717, 1.165) is 11.1 Å². The highest BCUT2D eigenvalue weighted by Gasteiger charge is 2.27. The van der Waals surface area contributed by atoms with Gasteiger partial charge in [-0.25, -0.2) is 0 Å². The summed E-state index contributed by atoms with van der Waals surface area (Å²) in [7, 11) is 1.42. The minimum atomic E-state index is -0.156. The zero-order valence-corrected chi connectivity index (χ0v) is 13.0. The van der Waals surface area contributed by atoms with Crippen LogP contribution in [-0.4, -0.2) is 37.0 Å². The van der Waals surface area contributed by atoms with E-state index in [0.29, 0.717) is 32.4 Å². The Kier molecular flexibility index (Phi) is 4.99. The van der Waals surface area contributed by atoms with Crippen molar-refractivity contribution < 1.29 is 14.3 Å². The van der Waals surface area contributed by atoms with Gasteiger partial charge in [-0.1, -0.05) is 23.8 Å². The number of piperidine rings is 1. The number of methoxy groups -OCH3 is 1. The number of carbonyl (C=O) groups is 2. The van der Waals surface area contributed by atoms with Crippen LogP contribution in [0.3, 0.4) is 0 Å². The minimum Gasteiger partial charge on any atom is -0.469 e. The molecule has 4 heteroatoms. The highest BCUT2D eigenvalue weighted by Crippen LogP contribution is 2.20. The SMILES string of the molecule is COC(=O)C1CCN(C(=O)Cc2ccc(C)cc2C)CC1. The largest absolute Gasteiger partial charge is 0.469 e. The third kappa shape index (κ3) is 3.84. The molecule has 114 valence electrons. The number of esters is 1. The zero-order chi connectivity index (χ0) is 15.4. The van der Waals surface area contributed by atoms with Gasteiger partial charge in [0, 0.05) is 13.1 Å². The lowest BCUT2D eigenvalue weighted by Gasteiger charge is -2.31. The molecule has 21 heavy (non-hydrogen) atoms. The molecule has 0 saturated carbocycles. The van der Waals surface area contributed by atoms with Gasteiger partial charge in [-0.15, -0.1) is 0 Å². The molecule has 1 aromatic rings. The summed E-state index contributed by atoms with van der Waals surface area (Å²) in [5, 5.41) is 0. The average Bonchev–Trinajstić information content (AvgIpc) is 2.49. The summed E-state index contributed by atoms with van der Waals surface area (Å²) in [5.74, 6) is -0.0677. The van der Waals surface area contributed by atoms with Gasteiger partial charge in [0.15, 0.2) is 0 Å². The Morgan fingerprint density at radius 1 is 1.24 bits per heavy atom. The fourth-order valence-electron chi connectivity index (χ4n) is 2.85. The molecular formula is C17H23NO3. The Morgan fingerprint density at radius 2 is 1.90 bits per heavy atom. The van der Waals surface area contributed by atoms with Crippen molar-refractivity contribution >= 4 is 11.9 Å². The van der Waals surface area contributed by atoms with Crippen molar-refractivity contribution in [1.29, 1.82) is 0 Å². The standard InChI is InChI=1S/C17H23NO3/c1-12-4-5-15(13(2)10-12)11-16(19)18-8-6-14(7-9-18)17(20)21-3/h4-5,10,14H,6-9,11H2,1-3H3. The second kappa shape index (κ2) is 6.74. The fraction of sp³-hybridized carbons (Fsp3) is 0.529. The molecule has 0 atom stereocenters. The number of hydrogen-bond donors (Lipinski definition) is 0. The highest BCUT2D eigenvalue weighted by molar-refractivity contribution is 5.80. The molecule has 0 bridgehead atoms. The predicted octanol–water partition coefficient (Wildman–Crippen LogP) is 2.26. The van der Waals surface area contributed by atoms with E-state index in [1.807, 2.05) is 24.0 Å². The van der Waals surface area contributed by atoms with Gasteiger partial charge in [0.1, 0.15) is 0 Å². The Morgan fingerprint density at radius 3 is 2.48 bits per heavy atom. The Labute approximate surface area is 126 Å². The number of carbonyl (C=O) groups excluding carboxylic acids is 2. The number of benzene rings is 1. The summed E-state index contributed by atoms with van der Waals surface area (Å²) in [5.41, 5.74) is 3.45. The second-order valence-electron chi connectivity index (χ2n) is 5.78. The second-order valence-corrected chi connectivity index (χ2v) is 5.78. The number of likely N-dealkylation sites (tertiary alicyclic amines) is 1. The third-order valence-electron chi connectivity index (χ3n) is 4.22.